The Bertz CT molecular complexity index is 749. The summed E-state index contributed by atoms with van der Waals surface area (Å²) in [4.78, 5) is 0. The first-order valence-electron chi connectivity index (χ1n) is 5.75. The van der Waals surface area contributed by atoms with Gasteiger partial charge in [-0.25, -0.2) is 8.78 Å². The number of nitrogen functional groups attached to an aromatic ring is 1. The Kier molecular flexibility index (Phi) is 2.86. The summed E-state index contributed by atoms with van der Waals surface area (Å²) >= 11 is 0. The molecule has 0 saturated heterocycles. The summed E-state index contributed by atoms with van der Waals surface area (Å²) in [5, 5.41) is 11.2. The molecule has 0 spiro atoms. The Morgan fingerprint density at radius 1 is 1.00 bits per heavy atom. The number of tetrazole rings is 1. The summed E-state index contributed by atoms with van der Waals surface area (Å²) in [5.41, 5.74) is 7.11. The number of aromatic nitrogens is 4. The van der Waals surface area contributed by atoms with Crippen LogP contribution in [0.25, 0.3) is 17.1 Å². The zero-order valence-corrected chi connectivity index (χ0v) is 10.2. The van der Waals surface area contributed by atoms with Gasteiger partial charge in [-0.3, -0.25) is 0 Å². The van der Waals surface area contributed by atoms with Crippen molar-refractivity contribution in [3.8, 4) is 17.1 Å². The molecule has 1 heterocycles. The van der Waals surface area contributed by atoms with Crippen molar-refractivity contribution >= 4 is 5.69 Å². The van der Waals surface area contributed by atoms with Crippen LogP contribution in [0, 0.1) is 11.6 Å². The van der Waals surface area contributed by atoms with Crippen molar-refractivity contribution in [3.05, 3.63) is 54.1 Å². The van der Waals surface area contributed by atoms with Crippen LogP contribution in [0.1, 0.15) is 0 Å². The van der Waals surface area contributed by atoms with Gasteiger partial charge in [0.25, 0.3) is 0 Å². The molecule has 0 bridgehead atoms. The number of anilines is 1. The summed E-state index contributed by atoms with van der Waals surface area (Å²) in [7, 11) is 0. The Morgan fingerprint density at radius 3 is 2.40 bits per heavy atom. The smallest absolute Gasteiger partial charge is 0.189 e. The van der Waals surface area contributed by atoms with E-state index in [-0.39, 0.29) is 5.69 Å². The molecule has 2 aromatic carbocycles. The number of benzene rings is 2. The van der Waals surface area contributed by atoms with Gasteiger partial charge in [0.05, 0.1) is 5.69 Å². The fraction of sp³-hybridized carbons (Fsp3) is 0. The van der Waals surface area contributed by atoms with Gasteiger partial charge in [0.1, 0.15) is 11.6 Å². The van der Waals surface area contributed by atoms with Gasteiger partial charge in [-0.15, -0.1) is 5.10 Å². The number of para-hydroxylation sites is 1. The summed E-state index contributed by atoms with van der Waals surface area (Å²) in [5.74, 6) is -1.10. The van der Waals surface area contributed by atoms with Crippen molar-refractivity contribution in [2.75, 3.05) is 5.73 Å². The summed E-state index contributed by atoms with van der Waals surface area (Å²) in [6.07, 6.45) is 0. The summed E-state index contributed by atoms with van der Waals surface area (Å²) in [6, 6.07) is 10.0. The number of halogens is 2. The Morgan fingerprint density at radius 2 is 1.70 bits per heavy atom. The molecule has 0 amide bonds. The van der Waals surface area contributed by atoms with Gasteiger partial charge >= 0.3 is 0 Å². The molecule has 100 valence electrons. The predicted octanol–water partition coefficient (Wildman–Crippen LogP) is 2.19. The van der Waals surface area contributed by atoms with Gasteiger partial charge in [0, 0.05) is 17.3 Å². The van der Waals surface area contributed by atoms with Crippen LogP contribution in [-0.4, -0.2) is 20.2 Å². The second-order valence-electron chi connectivity index (χ2n) is 4.13. The molecule has 5 nitrogen and oxygen atoms in total. The highest BCUT2D eigenvalue weighted by atomic mass is 19.1. The largest absolute Gasteiger partial charge is 0.398 e. The predicted molar refractivity (Wildman–Crippen MR) is 68.9 cm³/mol. The minimum Gasteiger partial charge on any atom is -0.398 e. The van der Waals surface area contributed by atoms with Crippen LogP contribution >= 0.6 is 0 Å². The normalized spacial score (nSPS) is 10.7. The number of nitrogens with zero attached hydrogens (tertiary/aromatic N) is 4. The van der Waals surface area contributed by atoms with Gasteiger partial charge < -0.3 is 5.73 Å². The van der Waals surface area contributed by atoms with E-state index >= 15 is 0 Å². The van der Waals surface area contributed by atoms with Crippen molar-refractivity contribution in [2.24, 2.45) is 0 Å². The SMILES string of the molecule is Nc1ccccc1-c1nnnn1-c1cc(F)cc(F)c1. The first-order valence-corrected chi connectivity index (χ1v) is 5.75. The quantitative estimate of drug-likeness (QED) is 0.727. The van der Waals surface area contributed by atoms with Gasteiger partial charge in [-0.1, -0.05) is 12.1 Å². The molecule has 0 fully saturated rings. The van der Waals surface area contributed by atoms with Crippen molar-refractivity contribution < 1.29 is 8.78 Å². The van der Waals surface area contributed by atoms with Gasteiger partial charge in [-0.05, 0) is 34.7 Å². The lowest BCUT2D eigenvalue weighted by Gasteiger charge is -2.07. The maximum atomic E-state index is 13.3. The minimum atomic E-state index is -0.706. The zero-order valence-electron chi connectivity index (χ0n) is 10.2. The standard InChI is InChI=1S/C13H9F2N5/c14-8-5-9(15)7-10(6-8)20-13(17-18-19-20)11-3-1-2-4-12(11)16/h1-7H,16H2. The molecule has 3 aromatic rings. The second-order valence-corrected chi connectivity index (χ2v) is 4.13. The van der Waals surface area contributed by atoms with E-state index in [9.17, 15) is 8.78 Å². The second kappa shape index (κ2) is 4.69. The van der Waals surface area contributed by atoms with E-state index < -0.39 is 11.6 Å². The molecule has 0 atom stereocenters. The maximum Gasteiger partial charge on any atom is 0.189 e. The van der Waals surface area contributed by atoms with E-state index in [4.69, 9.17) is 5.73 Å². The summed E-state index contributed by atoms with van der Waals surface area (Å²) in [6.45, 7) is 0. The van der Waals surface area contributed by atoms with Crippen molar-refractivity contribution in [1.82, 2.24) is 20.2 Å². The van der Waals surface area contributed by atoms with Crippen molar-refractivity contribution in [3.63, 3.8) is 0 Å². The molecule has 1 aromatic heterocycles. The fourth-order valence-corrected chi connectivity index (χ4v) is 1.89. The van der Waals surface area contributed by atoms with Crippen LogP contribution in [0.4, 0.5) is 14.5 Å². The lowest BCUT2D eigenvalue weighted by molar-refractivity contribution is 0.579. The minimum absolute atomic E-state index is 0.186. The first-order chi connectivity index (χ1) is 9.65. The molecular weight excluding hydrogens is 264 g/mol. The third kappa shape index (κ3) is 2.09. The van der Waals surface area contributed by atoms with Crippen LogP contribution in [0.5, 0.6) is 0 Å². The van der Waals surface area contributed by atoms with Crippen LogP contribution < -0.4 is 5.73 Å². The van der Waals surface area contributed by atoms with E-state index in [0.29, 0.717) is 17.1 Å². The molecule has 0 unspecified atom stereocenters. The first kappa shape index (κ1) is 12.2. The van der Waals surface area contributed by atoms with Gasteiger partial charge in [0.15, 0.2) is 5.82 Å². The molecule has 0 radical (unpaired) electrons. The van der Waals surface area contributed by atoms with E-state index in [1.54, 1.807) is 24.3 Å². The monoisotopic (exact) mass is 273 g/mol. The molecule has 20 heavy (non-hydrogen) atoms. The molecule has 3 rings (SSSR count). The molecule has 0 aliphatic heterocycles. The molecule has 0 aliphatic rings. The number of nitrogens with two attached hydrogens (primary N) is 1. The average Bonchev–Trinajstić information content (AvgIpc) is 2.87. The third-order valence-corrected chi connectivity index (χ3v) is 2.76. The highest BCUT2D eigenvalue weighted by molar-refractivity contribution is 5.72. The van der Waals surface area contributed by atoms with E-state index in [0.717, 1.165) is 18.2 Å². The highest BCUT2D eigenvalue weighted by Gasteiger charge is 2.14. The van der Waals surface area contributed by atoms with Crippen LogP contribution in [0.3, 0.4) is 0 Å². The highest BCUT2D eigenvalue weighted by Crippen LogP contribution is 2.25. The van der Waals surface area contributed by atoms with Crippen LogP contribution in [-0.2, 0) is 0 Å². The Hall–Kier alpha value is -2.83. The topological polar surface area (TPSA) is 69.6 Å². The molecule has 0 saturated carbocycles. The lowest BCUT2D eigenvalue weighted by atomic mass is 10.1. The molecule has 2 N–H and O–H groups in total. The van der Waals surface area contributed by atoms with Gasteiger partial charge in [-0.2, -0.15) is 4.68 Å². The average molecular weight is 273 g/mol. The number of rotatable bonds is 2. The molecule has 0 aliphatic carbocycles. The van der Waals surface area contributed by atoms with Crippen molar-refractivity contribution in [2.45, 2.75) is 0 Å². The third-order valence-electron chi connectivity index (χ3n) is 2.76. The van der Waals surface area contributed by atoms with E-state index in [1.807, 2.05) is 0 Å². The van der Waals surface area contributed by atoms with Crippen molar-refractivity contribution in [1.29, 1.82) is 0 Å². The Balaban J connectivity index is 2.18. The molecule has 7 heteroatoms. The van der Waals surface area contributed by atoms with E-state index in [2.05, 4.69) is 15.5 Å². The van der Waals surface area contributed by atoms with Gasteiger partial charge in [0.2, 0.25) is 0 Å². The zero-order chi connectivity index (χ0) is 14.1. The number of hydrogen-bond donors (Lipinski definition) is 1. The van der Waals surface area contributed by atoms with Crippen LogP contribution in [0.15, 0.2) is 42.5 Å². The molecular formula is C13H9F2N5. The summed E-state index contributed by atoms with van der Waals surface area (Å²) < 4.78 is 27.8. The maximum absolute atomic E-state index is 13.3. The fourth-order valence-electron chi connectivity index (χ4n) is 1.89. The Labute approximate surface area is 112 Å². The lowest BCUT2D eigenvalue weighted by Crippen LogP contribution is -2.02. The van der Waals surface area contributed by atoms with E-state index in [1.165, 1.54) is 4.68 Å². The number of hydrogen-bond acceptors (Lipinski definition) is 4. The van der Waals surface area contributed by atoms with Crippen LogP contribution in [0.2, 0.25) is 0 Å².